The molecule has 27 heavy (non-hydrogen) atoms. The smallest absolute Gasteiger partial charge is 0.339 e. The number of aromatic amines is 1. The van der Waals surface area contributed by atoms with Crippen molar-refractivity contribution in [1.82, 2.24) is 9.97 Å². The maximum atomic E-state index is 13.3. The van der Waals surface area contributed by atoms with Gasteiger partial charge in [0.05, 0.1) is 5.56 Å². The van der Waals surface area contributed by atoms with Crippen molar-refractivity contribution in [2.24, 2.45) is 0 Å². The van der Waals surface area contributed by atoms with Crippen LogP contribution in [0.25, 0.3) is 10.9 Å². The molecule has 132 valence electrons. The van der Waals surface area contributed by atoms with Crippen molar-refractivity contribution in [3.8, 4) is 0 Å². The Morgan fingerprint density at radius 2 is 1.59 bits per heavy atom. The number of aromatic nitrogens is 2. The zero-order valence-corrected chi connectivity index (χ0v) is 14.3. The average Bonchev–Trinajstić information content (AvgIpc) is 3.17. The number of fused-ring (bicyclic) bond motifs is 1. The summed E-state index contributed by atoms with van der Waals surface area (Å²) in [5.74, 6) is -0.847. The lowest BCUT2D eigenvalue weighted by atomic mass is 9.99. The number of ketones is 1. The van der Waals surface area contributed by atoms with Gasteiger partial charge in [0.15, 0.2) is 6.10 Å². The molecule has 1 N–H and O–H groups in total. The molecule has 0 aliphatic heterocycles. The summed E-state index contributed by atoms with van der Waals surface area (Å²) >= 11 is 0. The van der Waals surface area contributed by atoms with Gasteiger partial charge in [0.2, 0.25) is 5.78 Å². The molecular formula is C22H16N2O3. The predicted octanol–water partition coefficient (Wildman–Crippen LogP) is 4.34. The van der Waals surface area contributed by atoms with Crippen LogP contribution in [0.15, 0.2) is 85.3 Å². The molecule has 5 nitrogen and oxygen atoms in total. The minimum Gasteiger partial charge on any atom is -0.445 e. The number of hydrogen-bond donors (Lipinski definition) is 1. The second-order valence-electron chi connectivity index (χ2n) is 6.04. The molecule has 0 bridgehead atoms. The largest absolute Gasteiger partial charge is 0.445 e. The van der Waals surface area contributed by atoms with Crippen LogP contribution in [0.4, 0.5) is 0 Å². The maximum Gasteiger partial charge on any atom is 0.339 e. The van der Waals surface area contributed by atoms with E-state index in [9.17, 15) is 9.59 Å². The molecule has 0 aliphatic rings. The number of carbonyl (C=O) groups excluding carboxylic acids is 2. The second-order valence-corrected chi connectivity index (χ2v) is 6.04. The summed E-state index contributed by atoms with van der Waals surface area (Å²) in [4.78, 5) is 32.8. The number of H-pyrrole nitrogens is 1. The van der Waals surface area contributed by atoms with Gasteiger partial charge in [-0.3, -0.25) is 9.78 Å². The third-order valence-corrected chi connectivity index (χ3v) is 4.34. The van der Waals surface area contributed by atoms with Crippen molar-refractivity contribution in [1.29, 1.82) is 0 Å². The van der Waals surface area contributed by atoms with Gasteiger partial charge in [-0.2, -0.15) is 0 Å². The van der Waals surface area contributed by atoms with Gasteiger partial charge in [0, 0.05) is 40.6 Å². The summed E-state index contributed by atoms with van der Waals surface area (Å²) in [5, 5.41) is 0.795. The highest BCUT2D eigenvalue weighted by molar-refractivity contribution is 6.11. The molecule has 0 fully saturated rings. The Morgan fingerprint density at radius 3 is 2.37 bits per heavy atom. The first-order chi connectivity index (χ1) is 13.2. The Bertz CT molecular complexity index is 1090. The van der Waals surface area contributed by atoms with Gasteiger partial charge >= 0.3 is 5.97 Å². The third-order valence-electron chi connectivity index (χ3n) is 4.34. The Balaban J connectivity index is 1.72. The highest BCUT2D eigenvalue weighted by Crippen LogP contribution is 2.28. The third kappa shape index (κ3) is 3.35. The van der Waals surface area contributed by atoms with Crippen LogP contribution in [0.5, 0.6) is 0 Å². The number of hydrogen-bond acceptors (Lipinski definition) is 4. The molecule has 0 amide bonds. The molecule has 0 spiro atoms. The number of carbonyl (C=O) groups is 2. The van der Waals surface area contributed by atoms with Gasteiger partial charge < -0.3 is 9.72 Å². The zero-order valence-electron chi connectivity index (χ0n) is 14.3. The fourth-order valence-corrected chi connectivity index (χ4v) is 2.98. The van der Waals surface area contributed by atoms with Crippen LogP contribution in [-0.4, -0.2) is 21.7 Å². The number of ether oxygens (including phenoxy) is 1. The monoisotopic (exact) mass is 356 g/mol. The number of nitrogens with one attached hydrogen (secondary N) is 1. The SMILES string of the molecule is O=C(O[C@@H](C(=O)c1c[nH]c2ccccc12)c1ccccc1)c1ccncc1. The van der Waals surface area contributed by atoms with E-state index in [1.54, 1.807) is 30.5 Å². The Hall–Kier alpha value is -3.73. The maximum absolute atomic E-state index is 13.3. The fourth-order valence-electron chi connectivity index (χ4n) is 2.98. The van der Waals surface area contributed by atoms with Crippen molar-refractivity contribution >= 4 is 22.7 Å². The van der Waals surface area contributed by atoms with E-state index in [4.69, 9.17) is 4.74 Å². The summed E-state index contributed by atoms with van der Waals surface area (Å²) in [7, 11) is 0. The molecular weight excluding hydrogens is 340 g/mol. The molecule has 0 aliphatic carbocycles. The lowest BCUT2D eigenvalue weighted by molar-refractivity contribution is 0.0280. The van der Waals surface area contributed by atoms with Crippen molar-refractivity contribution in [3.63, 3.8) is 0 Å². The number of benzene rings is 2. The standard InChI is InChI=1S/C22H16N2O3/c25-20(18-14-24-19-9-5-4-8-17(18)19)21(15-6-2-1-3-7-15)27-22(26)16-10-12-23-13-11-16/h1-14,21,24H/t21-/m1/s1. The van der Waals surface area contributed by atoms with Crippen LogP contribution in [0, 0.1) is 0 Å². The van der Waals surface area contributed by atoms with Crippen LogP contribution in [0.1, 0.15) is 32.4 Å². The number of nitrogens with zero attached hydrogens (tertiary/aromatic N) is 1. The van der Waals surface area contributed by atoms with Gasteiger partial charge in [-0.15, -0.1) is 0 Å². The molecule has 5 heteroatoms. The van der Waals surface area contributed by atoms with E-state index in [1.807, 2.05) is 42.5 Å². The molecule has 2 aromatic heterocycles. The molecule has 4 rings (SSSR count). The zero-order chi connectivity index (χ0) is 18.6. The average molecular weight is 356 g/mol. The van der Waals surface area contributed by atoms with E-state index in [1.165, 1.54) is 12.4 Å². The van der Waals surface area contributed by atoms with Crippen molar-refractivity contribution in [2.45, 2.75) is 6.10 Å². The van der Waals surface area contributed by atoms with E-state index in [2.05, 4.69) is 9.97 Å². The van der Waals surface area contributed by atoms with E-state index >= 15 is 0 Å². The Labute approximate surface area is 155 Å². The van der Waals surface area contributed by atoms with Gasteiger partial charge in [-0.1, -0.05) is 48.5 Å². The van der Waals surface area contributed by atoms with Gasteiger partial charge in [-0.05, 0) is 18.2 Å². The summed E-state index contributed by atoms with van der Waals surface area (Å²) in [6, 6.07) is 19.7. The normalized spacial score (nSPS) is 11.9. The Morgan fingerprint density at radius 1 is 0.889 bits per heavy atom. The van der Waals surface area contributed by atoms with Crippen LogP contribution in [0.3, 0.4) is 0 Å². The predicted molar refractivity (Wildman–Crippen MR) is 101 cm³/mol. The molecule has 2 aromatic carbocycles. The molecule has 0 saturated carbocycles. The lowest BCUT2D eigenvalue weighted by Gasteiger charge is -2.17. The number of pyridine rings is 1. The fraction of sp³-hybridized carbons (Fsp3) is 0.0455. The number of rotatable bonds is 5. The van der Waals surface area contributed by atoms with Gasteiger partial charge in [0.25, 0.3) is 0 Å². The molecule has 0 radical (unpaired) electrons. The number of para-hydroxylation sites is 1. The number of Topliss-reactive ketones (excluding diaryl/α,β-unsaturated/α-hetero) is 1. The highest BCUT2D eigenvalue weighted by atomic mass is 16.5. The van der Waals surface area contributed by atoms with Crippen molar-refractivity contribution in [2.75, 3.05) is 0 Å². The molecule has 0 saturated heterocycles. The first-order valence-corrected chi connectivity index (χ1v) is 8.50. The van der Waals surface area contributed by atoms with Crippen LogP contribution in [0.2, 0.25) is 0 Å². The summed E-state index contributed by atoms with van der Waals surface area (Å²) in [5.41, 5.74) is 2.31. The van der Waals surface area contributed by atoms with Crippen LogP contribution >= 0.6 is 0 Å². The molecule has 2 heterocycles. The first kappa shape index (κ1) is 16.7. The number of esters is 1. The quantitative estimate of drug-likeness (QED) is 0.426. The first-order valence-electron chi connectivity index (χ1n) is 8.50. The minimum absolute atomic E-state index is 0.277. The van der Waals surface area contributed by atoms with Gasteiger partial charge in [-0.25, -0.2) is 4.79 Å². The summed E-state index contributed by atoms with van der Waals surface area (Å²) < 4.78 is 5.63. The van der Waals surface area contributed by atoms with E-state index in [0.29, 0.717) is 16.7 Å². The molecule has 4 aromatic rings. The highest BCUT2D eigenvalue weighted by Gasteiger charge is 2.28. The minimum atomic E-state index is -1.04. The topological polar surface area (TPSA) is 72.1 Å². The van der Waals surface area contributed by atoms with E-state index < -0.39 is 12.1 Å². The van der Waals surface area contributed by atoms with Crippen molar-refractivity contribution < 1.29 is 14.3 Å². The van der Waals surface area contributed by atoms with Crippen LogP contribution in [-0.2, 0) is 4.74 Å². The van der Waals surface area contributed by atoms with Gasteiger partial charge in [0.1, 0.15) is 0 Å². The molecule has 1 atom stereocenters. The lowest BCUT2D eigenvalue weighted by Crippen LogP contribution is -2.20. The summed E-state index contributed by atoms with van der Waals surface area (Å²) in [6.45, 7) is 0. The molecule has 0 unspecified atom stereocenters. The second kappa shape index (κ2) is 7.25. The Kier molecular flexibility index (Phi) is 4.49. The summed E-state index contributed by atoms with van der Waals surface area (Å²) in [6.07, 6.45) is 3.64. The van der Waals surface area contributed by atoms with E-state index in [-0.39, 0.29) is 5.78 Å². The van der Waals surface area contributed by atoms with Crippen molar-refractivity contribution in [3.05, 3.63) is 102 Å². The van der Waals surface area contributed by atoms with E-state index in [0.717, 1.165) is 10.9 Å². The van der Waals surface area contributed by atoms with Crippen LogP contribution < -0.4 is 0 Å².